The molecule has 2 amide bonds. The highest BCUT2D eigenvalue weighted by Gasteiger charge is 2.35. The molecule has 2 aromatic carbocycles. The maximum Gasteiger partial charge on any atom is 0.261 e. The van der Waals surface area contributed by atoms with E-state index < -0.39 is 11.6 Å². The fourth-order valence-corrected chi connectivity index (χ4v) is 3.90. The van der Waals surface area contributed by atoms with Gasteiger partial charge in [0, 0.05) is 38.8 Å². The van der Waals surface area contributed by atoms with Crippen LogP contribution in [0.3, 0.4) is 0 Å². The van der Waals surface area contributed by atoms with E-state index in [4.69, 9.17) is 0 Å². The maximum atomic E-state index is 13.4. The van der Waals surface area contributed by atoms with Crippen molar-refractivity contribution in [1.82, 2.24) is 14.7 Å². The van der Waals surface area contributed by atoms with Gasteiger partial charge in [0.25, 0.3) is 11.8 Å². The van der Waals surface area contributed by atoms with Gasteiger partial charge in [-0.25, -0.2) is 8.78 Å². The lowest BCUT2D eigenvalue weighted by molar-refractivity contribution is 0.0542. The molecule has 0 saturated carbocycles. The number of amides is 2. The Kier molecular flexibility index (Phi) is 5.19. The standard InChI is InChI=1S/C21H21F2N3O2/c22-16-10-15(11-17(23)12-16)13-25-7-3-6-24(14-25)8-9-26-20(27)18-4-1-2-5-19(18)21(26)28/h1-2,4-5,10-12H,3,6-9,13-14H2. The topological polar surface area (TPSA) is 43.9 Å². The van der Waals surface area contributed by atoms with Crippen molar-refractivity contribution in [1.29, 1.82) is 0 Å². The Morgan fingerprint density at radius 3 is 2.07 bits per heavy atom. The minimum atomic E-state index is -0.575. The Morgan fingerprint density at radius 1 is 0.821 bits per heavy atom. The predicted octanol–water partition coefficient (Wildman–Crippen LogP) is 2.73. The molecule has 5 nitrogen and oxygen atoms in total. The van der Waals surface area contributed by atoms with Crippen LogP contribution >= 0.6 is 0 Å². The molecule has 146 valence electrons. The van der Waals surface area contributed by atoms with E-state index in [0.29, 0.717) is 43.0 Å². The Morgan fingerprint density at radius 2 is 1.43 bits per heavy atom. The molecular weight excluding hydrogens is 364 g/mol. The van der Waals surface area contributed by atoms with Gasteiger partial charge in [-0.05, 0) is 36.2 Å². The number of imide groups is 1. The summed E-state index contributed by atoms with van der Waals surface area (Å²) in [7, 11) is 0. The molecule has 2 heterocycles. The van der Waals surface area contributed by atoms with Crippen LogP contribution in [0.2, 0.25) is 0 Å². The molecule has 0 radical (unpaired) electrons. The quantitative estimate of drug-likeness (QED) is 0.743. The summed E-state index contributed by atoms with van der Waals surface area (Å²) in [6.45, 7) is 3.67. The molecule has 2 aromatic rings. The molecule has 0 N–H and O–H groups in total. The number of carbonyl (C=O) groups excluding carboxylic acids is 2. The monoisotopic (exact) mass is 385 g/mol. The molecule has 1 fully saturated rings. The van der Waals surface area contributed by atoms with Crippen molar-refractivity contribution < 1.29 is 18.4 Å². The van der Waals surface area contributed by atoms with Gasteiger partial charge in [0.1, 0.15) is 11.6 Å². The van der Waals surface area contributed by atoms with Gasteiger partial charge in [-0.15, -0.1) is 0 Å². The van der Waals surface area contributed by atoms with Crippen LogP contribution in [0.4, 0.5) is 8.78 Å². The molecule has 2 aliphatic rings. The molecule has 0 bridgehead atoms. The van der Waals surface area contributed by atoms with E-state index in [0.717, 1.165) is 25.6 Å². The third-order valence-electron chi connectivity index (χ3n) is 5.20. The summed E-state index contributed by atoms with van der Waals surface area (Å²) in [6, 6.07) is 10.4. The highest BCUT2D eigenvalue weighted by molar-refractivity contribution is 6.21. The summed E-state index contributed by atoms with van der Waals surface area (Å²) in [5.74, 6) is -1.64. The first-order valence-electron chi connectivity index (χ1n) is 9.36. The van der Waals surface area contributed by atoms with Crippen LogP contribution in [0.25, 0.3) is 0 Å². The summed E-state index contributed by atoms with van der Waals surface area (Å²) < 4.78 is 26.8. The lowest BCUT2D eigenvalue weighted by Crippen LogP contribution is -2.47. The summed E-state index contributed by atoms with van der Waals surface area (Å²) in [5.41, 5.74) is 1.52. The SMILES string of the molecule is O=C1c2ccccc2C(=O)N1CCN1CCCN(Cc2cc(F)cc(F)c2)C1. The fraction of sp³-hybridized carbons (Fsp3) is 0.333. The van der Waals surface area contributed by atoms with Gasteiger partial charge in [-0.1, -0.05) is 12.1 Å². The van der Waals surface area contributed by atoms with Gasteiger partial charge in [0.05, 0.1) is 17.8 Å². The molecule has 0 spiro atoms. The second-order valence-corrected chi connectivity index (χ2v) is 7.25. The summed E-state index contributed by atoms with van der Waals surface area (Å²) in [5, 5.41) is 0. The molecular formula is C21H21F2N3O2. The number of carbonyl (C=O) groups is 2. The Labute approximate surface area is 162 Å². The van der Waals surface area contributed by atoms with Crippen molar-refractivity contribution >= 4 is 11.8 Å². The van der Waals surface area contributed by atoms with Crippen molar-refractivity contribution in [2.24, 2.45) is 0 Å². The number of rotatable bonds is 5. The van der Waals surface area contributed by atoms with Gasteiger partial charge >= 0.3 is 0 Å². The van der Waals surface area contributed by atoms with Crippen molar-refractivity contribution in [3.63, 3.8) is 0 Å². The number of fused-ring (bicyclic) bond motifs is 1. The van der Waals surface area contributed by atoms with Crippen molar-refractivity contribution in [2.45, 2.75) is 13.0 Å². The second kappa shape index (κ2) is 7.77. The molecule has 28 heavy (non-hydrogen) atoms. The highest BCUT2D eigenvalue weighted by Crippen LogP contribution is 2.22. The van der Waals surface area contributed by atoms with Gasteiger partial charge < -0.3 is 0 Å². The molecule has 0 aliphatic carbocycles. The summed E-state index contributed by atoms with van der Waals surface area (Å²) in [4.78, 5) is 30.5. The Balaban J connectivity index is 1.35. The number of benzene rings is 2. The molecule has 7 heteroatoms. The Bertz CT molecular complexity index is 863. The normalized spacial score (nSPS) is 18.0. The van der Waals surface area contributed by atoms with Gasteiger partial charge in [0.2, 0.25) is 0 Å². The van der Waals surface area contributed by atoms with E-state index in [2.05, 4.69) is 9.80 Å². The first-order valence-corrected chi connectivity index (χ1v) is 9.36. The number of hydrogen-bond donors (Lipinski definition) is 0. The Hall–Kier alpha value is -2.64. The third kappa shape index (κ3) is 3.81. The average molecular weight is 385 g/mol. The minimum absolute atomic E-state index is 0.246. The summed E-state index contributed by atoms with van der Waals surface area (Å²) >= 11 is 0. The zero-order valence-corrected chi connectivity index (χ0v) is 15.4. The number of nitrogens with zero attached hydrogens (tertiary/aromatic N) is 3. The van der Waals surface area contributed by atoms with Crippen LogP contribution in [0.1, 0.15) is 32.7 Å². The van der Waals surface area contributed by atoms with Crippen LogP contribution in [0.15, 0.2) is 42.5 Å². The third-order valence-corrected chi connectivity index (χ3v) is 5.20. The second-order valence-electron chi connectivity index (χ2n) is 7.25. The molecule has 4 rings (SSSR count). The van der Waals surface area contributed by atoms with E-state index in [1.165, 1.54) is 17.0 Å². The first-order chi connectivity index (χ1) is 13.5. The largest absolute Gasteiger partial charge is 0.289 e. The van der Waals surface area contributed by atoms with E-state index >= 15 is 0 Å². The van der Waals surface area contributed by atoms with E-state index in [9.17, 15) is 18.4 Å². The van der Waals surface area contributed by atoms with Crippen LogP contribution in [-0.4, -0.2) is 59.4 Å². The molecule has 0 unspecified atom stereocenters. The molecule has 1 saturated heterocycles. The van der Waals surface area contributed by atoms with Crippen LogP contribution < -0.4 is 0 Å². The number of halogens is 2. The zero-order chi connectivity index (χ0) is 19.7. The first kappa shape index (κ1) is 18.7. The van der Waals surface area contributed by atoms with E-state index in [1.807, 2.05) is 0 Å². The lowest BCUT2D eigenvalue weighted by Gasteiger charge is -2.36. The van der Waals surface area contributed by atoms with Crippen LogP contribution in [0, 0.1) is 11.6 Å². The molecule has 2 aliphatic heterocycles. The van der Waals surface area contributed by atoms with Crippen molar-refractivity contribution in [2.75, 3.05) is 32.8 Å². The summed E-state index contributed by atoms with van der Waals surface area (Å²) in [6.07, 6.45) is 0.917. The van der Waals surface area contributed by atoms with Crippen LogP contribution in [-0.2, 0) is 6.54 Å². The average Bonchev–Trinajstić information content (AvgIpc) is 2.90. The molecule has 0 atom stereocenters. The van der Waals surface area contributed by atoms with Crippen LogP contribution in [0.5, 0.6) is 0 Å². The fourth-order valence-electron chi connectivity index (χ4n) is 3.90. The maximum absolute atomic E-state index is 13.4. The van der Waals surface area contributed by atoms with Gasteiger partial charge in [-0.3, -0.25) is 24.3 Å². The molecule has 0 aromatic heterocycles. The highest BCUT2D eigenvalue weighted by atomic mass is 19.1. The predicted molar refractivity (Wildman–Crippen MR) is 99.6 cm³/mol. The minimum Gasteiger partial charge on any atom is -0.289 e. The van der Waals surface area contributed by atoms with Gasteiger partial charge in [-0.2, -0.15) is 0 Å². The number of hydrogen-bond acceptors (Lipinski definition) is 4. The smallest absolute Gasteiger partial charge is 0.261 e. The lowest BCUT2D eigenvalue weighted by atomic mass is 10.1. The van der Waals surface area contributed by atoms with Crippen molar-refractivity contribution in [3.05, 3.63) is 70.8 Å². The van der Waals surface area contributed by atoms with Gasteiger partial charge in [0.15, 0.2) is 0 Å². The van der Waals surface area contributed by atoms with E-state index in [1.54, 1.807) is 24.3 Å². The van der Waals surface area contributed by atoms with E-state index in [-0.39, 0.29) is 11.8 Å². The zero-order valence-electron chi connectivity index (χ0n) is 15.4. The van der Waals surface area contributed by atoms with Crippen molar-refractivity contribution in [3.8, 4) is 0 Å².